The first-order chi connectivity index (χ1) is 12.2. The molecule has 0 saturated heterocycles. The number of aryl methyl sites for hydroxylation is 2. The average molecular weight is 344 g/mol. The van der Waals surface area contributed by atoms with E-state index < -0.39 is 0 Å². The lowest BCUT2D eigenvalue weighted by Gasteiger charge is -2.23. The summed E-state index contributed by atoms with van der Waals surface area (Å²) in [6.07, 6.45) is 6.42. The fourth-order valence-corrected chi connectivity index (χ4v) is 4.10. The number of fused-ring (bicyclic) bond motifs is 2. The minimum Gasteiger partial charge on any atom is -0.395 e. The third-order valence-corrected chi connectivity index (χ3v) is 5.34. The zero-order valence-corrected chi connectivity index (χ0v) is 14.5. The van der Waals surface area contributed by atoms with Gasteiger partial charge in [0.25, 0.3) is 5.91 Å². The molecule has 2 aromatic rings. The van der Waals surface area contributed by atoms with Crippen molar-refractivity contribution in [3.8, 4) is 0 Å². The van der Waals surface area contributed by atoms with Gasteiger partial charge in [0.1, 0.15) is 5.82 Å². The minimum atomic E-state index is -0.157. The van der Waals surface area contributed by atoms with Crippen molar-refractivity contribution < 1.29 is 14.4 Å². The maximum Gasteiger partial charge on any atom is 0.290 e. The third-order valence-electron chi connectivity index (χ3n) is 5.34. The Labute approximate surface area is 146 Å². The summed E-state index contributed by atoms with van der Waals surface area (Å²) in [5, 5.41) is 16.4. The normalized spacial score (nSPS) is 19.4. The molecule has 0 radical (unpaired) electrons. The van der Waals surface area contributed by atoms with E-state index in [4.69, 9.17) is 4.52 Å². The number of carbonyl (C=O) groups excluding carboxylic acids is 1. The van der Waals surface area contributed by atoms with Gasteiger partial charge in [-0.05, 0) is 45.4 Å². The van der Waals surface area contributed by atoms with E-state index in [0.717, 1.165) is 67.7 Å². The number of amides is 1. The Morgan fingerprint density at radius 2 is 2.16 bits per heavy atom. The fourth-order valence-electron chi connectivity index (χ4n) is 4.10. The lowest BCUT2D eigenvalue weighted by atomic mass is 9.94. The molecule has 0 saturated carbocycles. The second kappa shape index (κ2) is 6.63. The fraction of sp³-hybridized carbons (Fsp3) is 0.611. The lowest BCUT2D eigenvalue weighted by Crippen LogP contribution is -2.39. The number of aliphatic hydroxyl groups excluding tert-OH is 1. The third kappa shape index (κ3) is 2.97. The molecule has 2 aromatic heterocycles. The van der Waals surface area contributed by atoms with Crippen LogP contribution in [0.4, 0.5) is 0 Å². The van der Waals surface area contributed by atoms with Crippen molar-refractivity contribution >= 4 is 5.91 Å². The van der Waals surface area contributed by atoms with Gasteiger partial charge < -0.3 is 19.5 Å². The zero-order chi connectivity index (χ0) is 17.4. The number of aromatic nitrogens is 3. The highest BCUT2D eigenvalue weighted by atomic mass is 16.5. The highest BCUT2D eigenvalue weighted by Gasteiger charge is 2.29. The molecule has 2 aliphatic carbocycles. The molecule has 1 atom stereocenters. The van der Waals surface area contributed by atoms with E-state index in [1.54, 1.807) is 0 Å². The van der Waals surface area contributed by atoms with Gasteiger partial charge in [-0.25, -0.2) is 4.98 Å². The van der Waals surface area contributed by atoms with E-state index in [1.807, 2.05) is 6.92 Å². The molecule has 1 amide bonds. The molecule has 7 heteroatoms. The molecule has 0 aliphatic heterocycles. The Morgan fingerprint density at radius 3 is 3.00 bits per heavy atom. The van der Waals surface area contributed by atoms with E-state index in [-0.39, 0.29) is 18.6 Å². The predicted molar refractivity (Wildman–Crippen MR) is 90.5 cm³/mol. The second-order valence-corrected chi connectivity index (χ2v) is 6.98. The number of nitrogens with zero attached hydrogens (tertiary/aromatic N) is 3. The van der Waals surface area contributed by atoms with Crippen molar-refractivity contribution in [2.24, 2.45) is 0 Å². The van der Waals surface area contributed by atoms with Crippen LogP contribution < -0.4 is 5.32 Å². The molecule has 0 fully saturated rings. The summed E-state index contributed by atoms with van der Waals surface area (Å²) in [6, 6.07) is 0.0567. The number of imidazole rings is 1. The second-order valence-electron chi connectivity index (χ2n) is 6.98. The molecule has 0 aromatic carbocycles. The number of hydrogen-bond donors (Lipinski definition) is 2. The van der Waals surface area contributed by atoms with Gasteiger partial charge in [-0.3, -0.25) is 4.79 Å². The van der Waals surface area contributed by atoms with Crippen molar-refractivity contribution in [2.45, 2.75) is 64.5 Å². The smallest absolute Gasteiger partial charge is 0.290 e. The van der Waals surface area contributed by atoms with Crippen molar-refractivity contribution in [3.63, 3.8) is 0 Å². The van der Waals surface area contributed by atoms with Crippen LogP contribution in [0.2, 0.25) is 0 Å². The van der Waals surface area contributed by atoms with Gasteiger partial charge >= 0.3 is 0 Å². The zero-order valence-electron chi connectivity index (χ0n) is 14.5. The van der Waals surface area contributed by atoms with E-state index in [9.17, 15) is 9.90 Å². The first kappa shape index (κ1) is 16.3. The summed E-state index contributed by atoms with van der Waals surface area (Å²) < 4.78 is 7.42. The topological polar surface area (TPSA) is 93.2 Å². The predicted octanol–water partition coefficient (Wildman–Crippen LogP) is 1.34. The molecule has 2 aliphatic rings. The Hall–Kier alpha value is -2.15. The monoisotopic (exact) mass is 344 g/mol. The van der Waals surface area contributed by atoms with Crippen LogP contribution >= 0.6 is 0 Å². The summed E-state index contributed by atoms with van der Waals surface area (Å²) in [5.41, 5.74) is 4.15. The molecule has 4 rings (SSSR count). The first-order valence-corrected chi connectivity index (χ1v) is 9.11. The molecule has 0 bridgehead atoms. The molecule has 2 heterocycles. The van der Waals surface area contributed by atoms with Gasteiger partial charge in [0.2, 0.25) is 5.76 Å². The van der Waals surface area contributed by atoms with Crippen molar-refractivity contribution in [2.75, 3.05) is 6.61 Å². The molecule has 134 valence electrons. The minimum absolute atomic E-state index is 0.0567. The highest BCUT2D eigenvalue weighted by molar-refractivity contribution is 5.93. The Kier molecular flexibility index (Phi) is 4.33. The van der Waals surface area contributed by atoms with Crippen LogP contribution in [0.3, 0.4) is 0 Å². The van der Waals surface area contributed by atoms with Gasteiger partial charge in [-0.1, -0.05) is 5.16 Å². The molecule has 7 nitrogen and oxygen atoms in total. The first-order valence-electron chi connectivity index (χ1n) is 9.11. The summed E-state index contributed by atoms with van der Waals surface area (Å²) in [4.78, 5) is 17.3. The Balaban J connectivity index is 1.47. The van der Waals surface area contributed by atoms with Crippen LogP contribution in [0.15, 0.2) is 4.52 Å². The van der Waals surface area contributed by atoms with E-state index in [1.165, 1.54) is 5.69 Å². The maximum atomic E-state index is 12.6. The van der Waals surface area contributed by atoms with E-state index >= 15 is 0 Å². The SMILES string of the molecule is Cc1nc2c(n1CCO)CCC(NC(=O)c1onc3c1CCCC3)C2. The van der Waals surface area contributed by atoms with E-state index in [0.29, 0.717) is 12.3 Å². The molecule has 2 N–H and O–H groups in total. The van der Waals surface area contributed by atoms with Crippen LogP contribution in [-0.2, 0) is 32.2 Å². The van der Waals surface area contributed by atoms with Crippen molar-refractivity contribution in [3.05, 3.63) is 34.2 Å². The summed E-state index contributed by atoms with van der Waals surface area (Å²) in [7, 11) is 0. The van der Waals surface area contributed by atoms with Crippen LogP contribution in [0, 0.1) is 6.92 Å². The molecule has 1 unspecified atom stereocenters. The summed E-state index contributed by atoms with van der Waals surface area (Å²) in [5.74, 6) is 1.16. The van der Waals surface area contributed by atoms with Crippen LogP contribution in [-0.4, -0.2) is 38.4 Å². The summed E-state index contributed by atoms with van der Waals surface area (Å²) >= 11 is 0. The largest absolute Gasteiger partial charge is 0.395 e. The number of rotatable bonds is 4. The lowest BCUT2D eigenvalue weighted by molar-refractivity contribution is 0.0894. The standard InChI is InChI=1S/C18H24N4O3/c1-11-19-15-10-12(6-7-16(15)22(11)8-9-23)20-18(24)17-13-4-2-3-5-14(13)21-25-17/h12,23H,2-10H2,1H3,(H,20,24). The maximum absolute atomic E-state index is 12.6. The van der Waals surface area contributed by atoms with Crippen LogP contribution in [0.5, 0.6) is 0 Å². The van der Waals surface area contributed by atoms with Crippen molar-refractivity contribution in [1.29, 1.82) is 0 Å². The van der Waals surface area contributed by atoms with Gasteiger partial charge in [-0.2, -0.15) is 0 Å². The van der Waals surface area contributed by atoms with Crippen LogP contribution in [0.1, 0.15) is 58.3 Å². The molecule has 0 spiro atoms. The highest BCUT2D eigenvalue weighted by Crippen LogP contribution is 2.25. The van der Waals surface area contributed by atoms with E-state index in [2.05, 4.69) is 20.0 Å². The molecular weight excluding hydrogens is 320 g/mol. The van der Waals surface area contributed by atoms with Gasteiger partial charge in [0.05, 0.1) is 18.0 Å². The molecule has 25 heavy (non-hydrogen) atoms. The Morgan fingerprint density at radius 1 is 1.32 bits per heavy atom. The number of aliphatic hydroxyl groups is 1. The van der Waals surface area contributed by atoms with Gasteiger partial charge in [0, 0.05) is 30.3 Å². The van der Waals surface area contributed by atoms with Crippen molar-refractivity contribution in [1.82, 2.24) is 20.0 Å². The van der Waals surface area contributed by atoms with Gasteiger partial charge in [0.15, 0.2) is 0 Å². The average Bonchev–Trinajstić information content (AvgIpc) is 3.16. The molecular formula is C18H24N4O3. The van der Waals surface area contributed by atoms with Crippen LogP contribution in [0.25, 0.3) is 0 Å². The number of nitrogens with one attached hydrogen (secondary N) is 1. The quantitative estimate of drug-likeness (QED) is 0.873. The number of hydrogen-bond acceptors (Lipinski definition) is 5. The number of carbonyl (C=O) groups is 1. The van der Waals surface area contributed by atoms with Gasteiger partial charge in [-0.15, -0.1) is 0 Å². The Bertz CT molecular complexity index is 793. The summed E-state index contributed by atoms with van der Waals surface area (Å²) in [6.45, 7) is 2.65.